The molecule has 3 N–H and O–H groups in total. The minimum absolute atomic E-state index is 0.000510. The molecular weight excluding hydrogens is 437 g/mol. The first-order chi connectivity index (χ1) is 15.3. The number of β-amino-alcohol motifs (C(OH)–C–C–N with tert-alkyl or cyclic N) is 1. The van der Waals surface area contributed by atoms with Gasteiger partial charge >= 0.3 is 6.03 Å². The monoisotopic (exact) mass is 459 g/mol. The summed E-state index contributed by atoms with van der Waals surface area (Å²) in [5, 5.41) is 15.8. The van der Waals surface area contributed by atoms with Gasteiger partial charge in [0.15, 0.2) is 0 Å². The van der Waals surface area contributed by atoms with Gasteiger partial charge in [0.25, 0.3) is 0 Å². The van der Waals surface area contributed by atoms with Gasteiger partial charge in [0.1, 0.15) is 17.7 Å². The van der Waals surface area contributed by atoms with E-state index in [0.29, 0.717) is 28.7 Å². The highest BCUT2D eigenvalue weighted by molar-refractivity contribution is 6.30. The van der Waals surface area contributed by atoms with Crippen LogP contribution in [0.4, 0.5) is 20.6 Å². The second-order valence-electron chi connectivity index (χ2n) is 7.81. The SMILES string of the molecule is CN1CCN=C1c1ccc(NC(=O)[C@@H]2C[C@@H](O)CN2C(=O)Nc2ccc(Cl)cc2)c(F)c1. The number of urea groups is 1. The van der Waals surface area contributed by atoms with Crippen LogP contribution in [0.2, 0.25) is 5.02 Å². The summed E-state index contributed by atoms with van der Waals surface area (Å²) in [6, 6.07) is 9.52. The summed E-state index contributed by atoms with van der Waals surface area (Å²) in [5.74, 6) is -0.477. The first kappa shape index (κ1) is 22.0. The second kappa shape index (κ2) is 9.13. The molecule has 0 aliphatic carbocycles. The van der Waals surface area contributed by atoms with Crippen LogP contribution in [0.5, 0.6) is 0 Å². The minimum Gasteiger partial charge on any atom is -0.391 e. The zero-order valence-corrected chi connectivity index (χ0v) is 18.1. The number of rotatable bonds is 4. The van der Waals surface area contributed by atoms with Crippen LogP contribution in [-0.2, 0) is 4.79 Å². The molecule has 0 unspecified atom stereocenters. The number of anilines is 2. The van der Waals surface area contributed by atoms with Crippen molar-refractivity contribution in [2.75, 3.05) is 37.3 Å². The molecule has 1 fully saturated rings. The van der Waals surface area contributed by atoms with E-state index in [2.05, 4.69) is 15.6 Å². The van der Waals surface area contributed by atoms with Crippen LogP contribution in [0.15, 0.2) is 47.5 Å². The number of hydrogen-bond acceptors (Lipinski definition) is 5. The number of nitrogens with one attached hydrogen (secondary N) is 2. The van der Waals surface area contributed by atoms with E-state index in [-0.39, 0.29) is 18.7 Å². The normalized spacial score (nSPS) is 20.3. The number of amides is 3. The summed E-state index contributed by atoms with van der Waals surface area (Å²) in [4.78, 5) is 33.1. The lowest BCUT2D eigenvalue weighted by atomic mass is 10.1. The van der Waals surface area contributed by atoms with Crippen molar-refractivity contribution in [3.05, 3.63) is 58.9 Å². The Hall–Kier alpha value is -3.17. The van der Waals surface area contributed by atoms with Crippen LogP contribution < -0.4 is 10.6 Å². The summed E-state index contributed by atoms with van der Waals surface area (Å²) >= 11 is 5.85. The van der Waals surface area contributed by atoms with Crippen LogP contribution in [0, 0.1) is 5.82 Å². The maximum absolute atomic E-state index is 14.7. The topological polar surface area (TPSA) is 97.3 Å². The van der Waals surface area contributed by atoms with Gasteiger partial charge in [0.2, 0.25) is 5.91 Å². The molecule has 10 heteroatoms. The highest BCUT2D eigenvalue weighted by atomic mass is 35.5. The maximum Gasteiger partial charge on any atom is 0.322 e. The molecule has 2 atom stereocenters. The minimum atomic E-state index is -0.943. The van der Waals surface area contributed by atoms with E-state index in [1.165, 1.54) is 17.0 Å². The largest absolute Gasteiger partial charge is 0.391 e. The predicted molar refractivity (Wildman–Crippen MR) is 121 cm³/mol. The Bertz CT molecular complexity index is 1060. The summed E-state index contributed by atoms with van der Waals surface area (Å²) in [6.45, 7) is 1.42. The number of nitrogens with zero attached hydrogens (tertiary/aromatic N) is 3. The molecule has 0 spiro atoms. The van der Waals surface area contributed by atoms with Crippen molar-refractivity contribution in [1.82, 2.24) is 9.80 Å². The molecule has 3 amide bonds. The number of aliphatic imine (C=N–C) groups is 1. The lowest BCUT2D eigenvalue weighted by Gasteiger charge is -2.24. The fourth-order valence-corrected chi connectivity index (χ4v) is 3.96. The molecule has 2 aromatic carbocycles. The van der Waals surface area contributed by atoms with E-state index in [1.54, 1.807) is 30.3 Å². The van der Waals surface area contributed by atoms with E-state index < -0.39 is 29.9 Å². The third kappa shape index (κ3) is 4.68. The lowest BCUT2D eigenvalue weighted by Crippen LogP contribution is -2.45. The van der Waals surface area contributed by atoms with Gasteiger partial charge in [-0.2, -0.15) is 0 Å². The number of amidine groups is 1. The fourth-order valence-electron chi connectivity index (χ4n) is 3.83. The average Bonchev–Trinajstić information content (AvgIpc) is 3.37. The number of likely N-dealkylation sites (N-methyl/N-ethyl adjacent to an activating group) is 1. The van der Waals surface area contributed by atoms with Crippen LogP contribution in [0.1, 0.15) is 12.0 Å². The summed E-state index contributed by atoms with van der Waals surface area (Å²) in [5.41, 5.74) is 1.13. The van der Waals surface area contributed by atoms with Crippen LogP contribution >= 0.6 is 11.6 Å². The standard InChI is InChI=1S/C22H23ClFN5O3/c1-28-9-8-25-20(28)13-2-7-18(17(24)10-13)27-21(31)19-11-16(30)12-29(19)22(32)26-15-5-3-14(23)4-6-15/h2-7,10,16,19,30H,8-9,11-12H2,1H3,(H,26,32)(H,27,31)/t16-,19+/m1/s1. The highest BCUT2D eigenvalue weighted by Crippen LogP contribution is 2.24. The molecule has 2 aliphatic heterocycles. The van der Waals surface area contributed by atoms with Gasteiger partial charge in [-0.25, -0.2) is 9.18 Å². The van der Waals surface area contributed by atoms with Gasteiger partial charge < -0.3 is 25.5 Å². The molecule has 32 heavy (non-hydrogen) atoms. The zero-order valence-electron chi connectivity index (χ0n) is 17.4. The number of aliphatic hydroxyl groups is 1. The van der Waals surface area contributed by atoms with Crippen molar-refractivity contribution in [1.29, 1.82) is 0 Å². The molecule has 2 aromatic rings. The Balaban J connectivity index is 1.45. The van der Waals surface area contributed by atoms with Gasteiger partial charge in [-0.1, -0.05) is 11.6 Å². The second-order valence-corrected chi connectivity index (χ2v) is 8.24. The van der Waals surface area contributed by atoms with E-state index in [1.807, 2.05) is 11.9 Å². The first-order valence-corrected chi connectivity index (χ1v) is 10.6. The Kier molecular flexibility index (Phi) is 6.29. The third-order valence-electron chi connectivity index (χ3n) is 5.48. The quantitative estimate of drug-likeness (QED) is 0.655. The third-order valence-corrected chi connectivity index (χ3v) is 5.73. The van der Waals surface area contributed by atoms with Crippen LogP contribution in [0.3, 0.4) is 0 Å². The van der Waals surface area contributed by atoms with Gasteiger partial charge in [-0.05, 0) is 42.5 Å². The lowest BCUT2D eigenvalue weighted by molar-refractivity contribution is -0.119. The smallest absolute Gasteiger partial charge is 0.322 e. The van der Waals surface area contributed by atoms with E-state index in [0.717, 1.165) is 6.54 Å². The summed E-state index contributed by atoms with van der Waals surface area (Å²) in [7, 11) is 1.88. The number of benzene rings is 2. The van der Waals surface area contributed by atoms with Crippen molar-refractivity contribution in [2.45, 2.75) is 18.6 Å². The van der Waals surface area contributed by atoms with Crippen molar-refractivity contribution >= 4 is 40.7 Å². The average molecular weight is 460 g/mol. The number of carbonyl (C=O) groups is 2. The van der Waals surface area contributed by atoms with Crippen molar-refractivity contribution in [3.63, 3.8) is 0 Å². The molecule has 1 saturated heterocycles. The number of aliphatic hydroxyl groups excluding tert-OH is 1. The Morgan fingerprint density at radius 3 is 2.59 bits per heavy atom. The zero-order chi connectivity index (χ0) is 22.8. The van der Waals surface area contributed by atoms with E-state index in [4.69, 9.17) is 11.6 Å². The van der Waals surface area contributed by atoms with Gasteiger partial charge in [-0.3, -0.25) is 9.79 Å². The van der Waals surface area contributed by atoms with Crippen molar-refractivity contribution in [2.24, 2.45) is 4.99 Å². The summed E-state index contributed by atoms with van der Waals surface area (Å²) in [6.07, 6.45) is -0.800. The molecule has 2 heterocycles. The Morgan fingerprint density at radius 1 is 1.19 bits per heavy atom. The van der Waals surface area contributed by atoms with Gasteiger partial charge in [0.05, 0.1) is 18.3 Å². The molecule has 0 bridgehead atoms. The molecule has 2 aliphatic rings. The first-order valence-electron chi connectivity index (χ1n) is 10.2. The molecule has 8 nitrogen and oxygen atoms in total. The fraction of sp³-hybridized carbons (Fsp3) is 0.318. The van der Waals surface area contributed by atoms with Gasteiger partial charge in [-0.15, -0.1) is 0 Å². The van der Waals surface area contributed by atoms with E-state index in [9.17, 15) is 19.1 Å². The number of hydrogen-bond donors (Lipinski definition) is 3. The Labute approximate surface area is 189 Å². The van der Waals surface area contributed by atoms with Crippen molar-refractivity contribution < 1.29 is 19.1 Å². The highest BCUT2D eigenvalue weighted by Gasteiger charge is 2.39. The summed E-state index contributed by atoms with van der Waals surface area (Å²) < 4.78 is 14.7. The van der Waals surface area contributed by atoms with Crippen LogP contribution in [-0.4, -0.2) is 71.5 Å². The van der Waals surface area contributed by atoms with Crippen molar-refractivity contribution in [3.8, 4) is 0 Å². The predicted octanol–water partition coefficient (Wildman–Crippen LogP) is 2.78. The Morgan fingerprint density at radius 2 is 1.94 bits per heavy atom. The van der Waals surface area contributed by atoms with Gasteiger partial charge in [0, 0.05) is 42.8 Å². The van der Waals surface area contributed by atoms with Crippen LogP contribution in [0.25, 0.3) is 0 Å². The molecule has 0 radical (unpaired) electrons. The molecule has 0 saturated carbocycles. The number of carbonyl (C=O) groups excluding carboxylic acids is 2. The molecular formula is C22H23ClFN5O3. The van der Waals surface area contributed by atoms with E-state index >= 15 is 0 Å². The molecule has 0 aromatic heterocycles. The maximum atomic E-state index is 14.7. The molecule has 4 rings (SSSR count). The number of halogens is 2. The molecule has 168 valence electrons. The number of likely N-dealkylation sites (tertiary alicyclic amines) is 1.